The molecule has 0 N–H and O–H groups in total. The van der Waals surface area contributed by atoms with Crippen LogP contribution >= 0.6 is 0 Å². The van der Waals surface area contributed by atoms with Gasteiger partial charge >= 0.3 is 5.82 Å². The Kier molecular flexibility index (Phi) is 4.65. The molecule has 29 heavy (non-hydrogen) atoms. The van der Waals surface area contributed by atoms with Gasteiger partial charge in [-0.3, -0.25) is 0 Å². The fourth-order valence-corrected chi connectivity index (χ4v) is 3.52. The van der Waals surface area contributed by atoms with E-state index in [9.17, 15) is 22.0 Å². The number of halogens is 5. The highest BCUT2D eigenvalue weighted by molar-refractivity contribution is 5.36. The third-order valence-electron chi connectivity index (χ3n) is 5.15. The Bertz CT molecular complexity index is 1050. The molecular weight excluding hydrogens is 393 g/mol. The van der Waals surface area contributed by atoms with Crippen molar-refractivity contribution in [2.24, 2.45) is 0 Å². The average Bonchev–Trinajstić information content (AvgIpc) is 3.12. The summed E-state index contributed by atoms with van der Waals surface area (Å²) in [5.74, 6) is -9.82. The molecule has 0 saturated carbocycles. The van der Waals surface area contributed by atoms with Gasteiger partial charge in [0.25, 0.3) is 0 Å². The maximum Gasteiger partial charge on any atom is 0.304 e. The van der Waals surface area contributed by atoms with Gasteiger partial charge in [-0.05, 0) is 19.4 Å². The highest BCUT2D eigenvalue weighted by Gasteiger charge is 2.43. The number of fused-ring (bicyclic) bond motifs is 1. The Morgan fingerprint density at radius 3 is 2.21 bits per heavy atom. The first-order chi connectivity index (χ1) is 13.7. The summed E-state index contributed by atoms with van der Waals surface area (Å²) in [4.78, 5) is 0. The van der Waals surface area contributed by atoms with E-state index in [2.05, 4.69) is 5.10 Å². The molecule has 0 aliphatic carbocycles. The first-order valence-corrected chi connectivity index (χ1v) is 8.90. The molecule has 1 atom stereocenters. The molecule has 1 aliphatic rings. The van der Waals surface area contributed by atoms with E-state index in [1.807, 2.05) is 44.2 Å². The molecule has 0 amide bonds. The number of ether oxygens (including phenoxy) is 1. The van der Waals surface area contributed by atoms with Gasteiger partial charge in [-0.2, -0.15) is 8.78 Å². The maximum atomic E-state index is 14.2. The zero-order valence-corrected chi connectivity index (χ0v) is 15.6. The molecule has 152 valence electrons. The zero-order valence-electron chi connectivity index (χ0n) is 15.6. The summed E-state index contributed by atoms with van der Waals surface area (Å²) in [6.45, 7) is 3.76. The molecular formula is C20H17F5N3O+. The lowest BCUT2D eigenvalue weighted by atomic mass is 9.91. The van der Waals surface area contributed by atoms with Crippen molar-refractivity contribution in [3.8, 4) is 5.69 Å². The molecule has 0 bridgehead atoms. The molecule has 0 saturated heterocycles. The molecule has 1 unspecified atom stereocenters. The molecule has 4 nitrogen and oxygen atoms in total. The second kappa shape index (κ2) is 6.91. The summed E-state index contributed by atoms with van der Waals surface area (Å²) < 4.78 is 77.3. The smallest absolute Gasteiger partial charge is 0.304 e. The second-order valence-electron chi connectivity index (χ2n) is 7.40. The van der Waals surface area contributed by atoms with Crippen LogP contribution in [0.2, 0.25) is 0 Å². The van der Waals surface area contributed by atoms with Crippen LogP contribution < -0.4 is 4.57 Å². The van der Waals surface area contributed by atoms with Gasteiger partial charge in [-0.15, -0.1) is 0 Å². The van der Waals surface area contributed by atoms with Crippen molar-refractivity contribution in [2.75, 3.05) is 0 Å². The third kappa shape index (κ3) is 3.19. The molecule has 3 aromatic rings. The monoisotopic (exact) mass is 410 g/mol. The number of aromatic nitrogens is 3. The summed E-state index contributed by atoms with van der Waals surface area (Å²) in [5.41, 5.74) is -0.782. The molecule has 4 rings (SSSR count). The largest absolute Gasteiger partial charge is 0.361 e. The molecule has 0 radical (unpaired) electrons. The Balaban J connectivity index is 1.83. The van der Waals surface area contributed by atoms with Crippen LogP contribution in [0.4, 0.5) is 22.0 Å². The molecule has 1 aliphatic heterocycles. The van der Waals surface area contributed by atoms with E-state index in [4.69, 9.17) is 4.74 Å². The van der Waals surface area contributed by atoms with E-state index in [1.165, 1.54) is 6.33 Å². The summed E-state index contributed by atoms with van der Waals surface area (Å²) in [5, 5.41) is 4.03. The number of rotatable bonds is 3. The van der Waals surface area contributed by atoms with Gasteiger partial charge in [0.05, 0.1) is 5.60 Å². The van der Waals surface area contributed by atoms with Gasteiger partial charge in [0, 0.05) is 11.5 Å². The van der Waals surface area contributed by atoms with Crippen molar-refractivity contribution in [1.29, 1.82) is 0 Å². The quantitative estimate of drug-likeness (QED) is 0.283. The Morgan fingerprint density at radius 1 is 1.00 bits per heavy atom. The predicted molar refractivity (Wildman–Crippen MR) is 91.6 cm³/mol. The van der Waals surface area contributed by atoms with Crippen LogP contribution in [-0.2, 0) is 17.8 Å². The topological polar surface area (TPSA) is 30.9 Å². The Morgan fingerprint density at radius 2 is 1.59 bits per heavy atom. The van der Waals surface area contributed by atoms with Gasteiger partial charge in [0.1, 0.15) is 12.6 Å². The molecule has 9 heteroatoms. The van der Waals surface area contributed by atoms with E-state index < -0.39 is 40.4 Å². The highest BCUT2D eigenvalue weighted by Crippen LogP contribution is 2.31. The lowest BCUT2D eigenvalue weighted by Crippen LogP contribution is -2.57. The van der Waals surface area contributed by atoms with Crippen molar-refractivity contribution >= 4 is 0 Å². The van der Waals surface area contributed by atoms with E-state index in [0.717, 1.165) is 5.56 Å². The molecule has 2 aromatic carbocycles. The van der Waals surface area contributed by atoms with Crippen LogP contribution in [-0.4, -0.2) is 15.4 Å². The number of benzene rings is 2. The first kappa shape index (κ1) is 19.5. The van der Waals surface area contributed by atoms with Gasteiger partial charge < -0.3 is 4.74 Å². The van der Waals surface area contributed by atoms with Gasteiger partial charge in [-0.1, -0.05) is 35.0 Å². The predicted octanol–water partition coefficient (Wildman–Crippen LogP) is 3.95. The van der Waals surface area contributed by atoms with Crippen LogP contribution in [0.3, 0.4) is 0 Å². The van der Waals surface area contributed by atoms with E-state index in [0.29, 0.717) is 16.9 Å². The normalized spacial score (nSPS) is 18.0. The minimum atomic E-state index is -2.21. The van der Waals surface area contributed by atoms with Gasteiger partial charge in [-0.25, -0.2) is 17.7 Å². The fourth-order valence-electron chi connectivity index (χ4n) is 3.52. The van der Waals surface area contributed by atoms with Crippen molar-refractivity contribution in [3.05, 3.63) is 77.1 Å². The Labute approximate surface area is 163 Å². The highest BCUT2D eigenvalue weighted by atomic mass is 19.2. The van der Waals surface area contributed by atoms with Crippen LogP contribution in [0.25, 0.3) is 5.69 Å². The fraction of sp³-hybridized carbons (Fsp3) is 0.300. The molecule has 0 fully saturated rings. The third-order valence-corrected chi connectivity index (χ3v) is 5.15. The molecule has 1 aromatic heterocycles. The summed E-state index contributed by atoms with van der Waals surface area (Å²) in [6, 6.07) is 9.19. The number of hydrogen-bond donors (Lipinski definition) is 0. The SMILES string of the molecule is CC1(C)OCc2nn(-c3c(F)c(F)c(F)c(F)c3F)c[n+]2C1Cc1ccccc1. The van der Waals surface area contributed by atoms with E-state index >= 15 is 0 Å². The maximum absolute atomic E-state index is 14.2. The lowest BCUT2D eigenvalue weighted by Gasteiger charge is -2.36. The average molecular weight is 410 g/mol. The van der Waals surface area contributed by atoms with E-state index in [1.54, 1.807) is 4.57 Å². The van der Waals surface area contributed by atoms with Crippen molar-refractivity contribution in [3.63, 3.8) is 0 Å². The molecule has 2 heterocycles. The minimum Gasteiger partial charge on any atom is -0.361 e. The van der Waals surface area contributed by atoms with Crippen LogP contribution in [0, 0.1) is 29.1 Å². The van der Waals surface area contributed by atoms with Crippen LogP contribution in [0.15, 0.2) is 36.7 Å². The lowest BCUT2D eigenvalue weighted by molar-refractivity contribution is -0.757. The second-order valence-corrected chi connectivity index (χ2v) is 7.40. The summed E-state index contributed by atoms with van der Waals surface area (Å²) in [7, 11) is 0. The van der Waals surface area contributed by atoms with Crippen LogP contribution in [0.5, 0.6) is 0 Å². The number of nitrogens with zero attached hydrogens (tertiary/aromatic N) is 3. The summed E-state index contributed by atoms with van der Waals surface area (Å²) >= 11 is 0. The van der Waals surface area contributed by atoms with Crippen molar-refractivity contribution in [1.82, 2.24) is 9.78 Å². The van der Waals surface area contributed by atoms with E-state index in [-0.39, 0.29) is 12.6 Å². The van der Waals surface area contributed by atoms with Crippen molar-refractivity contribution < 1.29 is 31.3 Å². The van der Waals surface area contributed by atoms with Gasteiger partial charge in [0.15, 0.2) is 0 Å². The Hall–Kier alpha value is -2.81. The summed E-state index contributed by atoms with van der Waals surface area (Å²) in [6.07, 6.45) is 1.76. The number of hydrogen-bond acceptors (Lipinski definition) is 2. The van der Waals surface area contributed by atoms with Crippen LogP contribution in [0.1, 0.15) is 31.3 Å². The zero-order chi connectivity index (χ0) is 20.9. The van der Waals surface area contributed by atoms with Gasteiger partial charge in [0.2, 0.25) is 41.1 Å². The molecule has 0 spiro atoms. The minimum absolute atomic E-state index is 0.0285. The standard InChI is InChI=1S/C20H17F5N3O/c1-20(2)12(8-11-6-4-3-5-7-11)27-10-28(26-13(27)9-29-20)19-17(24)15(22)14(21)16(23)18(19)25/h3-7,10,12H,8-9H2,1-2H3/q+1. The first-order valence-electron chi connectivity index (χ1n) is 8.90. The van der Waals surface area contributed by atoms with Crippen molar-refractivity contribution in [2.45, 2.75) is 38.5 Å².